The van der Waals surface area contributed by atoms with E-state index in [0.717, 1.165) is 33.5 Å². The molecule has 7 nitrogen and oxygen atoms in total. The van der Waals surface area contributed by atoms with Crippen molar-refractivity contribution in [2.75, 3.05) is 19.6 Å². The number of rotatable bonds is 3. The van der Waals surface area contributed by atoms with Crippen LogP contribution < -0.4 is 0 Å². The van der Waals surface area contributed by atoms with Gasteiger partial charge in [-0.15, -0.1) is 0 Å². The van der Waals surface area contributed by atoms with Crippen molar-refractivity contribution in [3.8, 4) is 11.1 Å². The Morgan fingerprint density at radius 1 is 1.00 bits per heavy atom. The van der Waals surface area contributed by atoms with Crippen molar-refractivity contribution in [3.05, 3.63) is 77.3 Å². The summed E-state index contributed by atoms with van der Waals surface area (Å²) < 4.78 is 5.25. The highest BCUT2D eigenvalue weighted by Crippen LogP contribution is 2.27. The molecule has 0 radical (unpaired) electrons. The quantitative estimate of drug-likeness (QED) is 0.509. The summed E-state index contributed by atoms with van der Waals surface area (Å²) in [6.45, 7) is 7.29. The van der Waals surface area contributed by atoms with Crippen molar-refractivity contribution in [1.29, 1.82) is 0 Å². The van der Waals surface area contributed by atoms with Gasteiger partial charge in [-0.2, -0.15) is 0 Å². The maximum Gasteiger partial charge on any atom is 0.254 e. The average molecular weight is 443 g/mol. The molecular formula is C26H26N4O3. The second-order valence-corrected chi connectivity index (χ2v) is 8.65. The highest BCUT2D eigenvalue weighted by Gasteiger charge is 2.31. The van der Waals surface area contributed by atoms with Gasteiger partial charge < -0.3 is 19.3 Å². The van der Waals surface area contributed by atoms with Crippen LogP contribution in [0.4, 0.5) is 0 Å². The molecule has 2 amide bonds. The number of aromatic nitrogens is 2. The van der Waals surface area contributed by atoms with E-state index in [0.29, 0.717) is 30.8 Å². The fourth-order valence-corrected chi connectivity index (χ4v) is 4.65. The molecule has 0 unspecified atom stereocenters. The van der Waals surface area contributed by atoms with Gasteiger partial charge in [0.25, 0.3) is 11.8 Å². The number of H-pyrrole nitrogens is 1. The molecule has 168 valence electrons. The largest absolute Gasteiger partial charge is 0.361 e. The number of piperazine rings is 1. The van der Waals surface area contributed by atoms with Crippen LogP contribution in [0.5, 0.6) is 0 Å². The van der Waals surface area contributed by atoms with E-state index in [1.165, 1.54) is 0 Å². The molecule has 2 aromatic heterocycles. The van der Waals surface area contributed by atoms with Gasteiger partial charge in [0, 0.05) is 54.1 Å². The molecule has 1 N–H and O–H groups in total. The van der Waals surface area contributed by atoms with Gasteiger partial charge >= 0.3 is 0 Å². The van der Waals surface area contributed by atoms with E-state index < -0.39 is 0 Å². The Hall–Kier alpha value is -3.87. The predicted molar refractivity (Wildman–Crippen MR) is 126 cm³/mol. The number of hydrogen-bond acceptors (Lipinski definition) is 4. The van der Waals surface area contributed by atoms with Crippen LogP contribution in [0, 0.1) is 13.8 Å². The predicted octanol–water partition coefficient (Wildman–Crippen LogP) is 4.43. The fraction of sp³-hybridized carbons (Fsp3) is 0.269. The molecule has 7 heteroatoms. The number of aryl methyl sites for hydroxylation is 2. The van der Waals surface area contributed by atoms with Gasteiger partial charge in [-0.25, -0.2) is 0 Å². The zero-order chi connectivity index (χ0) is 23.1. The molecule has 1 atom stereocenters. The lowest BCUT2D eigenvalue weighted by atomic mass is 10.0. The minimum Gasteiger partial charge on any atom is -0.361 e. The van der Waals surface area contributed by atoms with Crippen molar-refractivity contribution in [1.82, 2.24) is 19.9 Å². The molecule has 1 fully saturated rings. The van der Waals surface area contributed by atoms with Crippen molar-refractivity contribution in [2.45, 2.75) is 26.8 Å². The maximum atomic E-state index is 13.1. The van der Waals surface area contributed by atoms with Crippen molar-refractivity contribution >= 4 is 22.7 Å². The van der Waals surface area contributed by atoms with Crippen molar-refractivity contribution < 1.29 is 14.1 Å². The van der Waals surface area contributed by atoms with E-state index in [1.807, 2.05) is 85.3 Å². The summed E-state index contributed by atoms with van der Waals surface area (Å²) in [7, 11) is 0. The highest BCUT2D eigenvalue weighted by molar-refractivity contribution is 5.99. The lowest BCUT2D eigenvalue weighted by molar-refractivity contribution is 0.0414. The van der Waals surface area contributed by atoms with Gasteiger partial charge in [-0.1, -0.05) is 23.4 Å². The van der Waals surface area contributed by atoms with Crippen molar-refractivity contribution in [2.24, 2.45) is 0 Å². The van der Waals surface area contributed by atoms with E-state index in [4.69, 9.17) is 4.52 Å². The van der Waals surface area contributed by atoms with E-state index in [2.05, 4.69) is 10.1 Å². The van der Waals surface area contributed by atoms with Gasteiger partial charge in [0.1, 0.15) is 5.76 Å². The zero-order valence-corrected chi connectivity index (χ0v) is 19.0. The van der Waals surface area contributed by atoms with E-state index in [-0.39, 0.29) is 17.9 Å². The number of carbonyl (C=O) groups is 2. The topological polar surface area (TPSA) is 82.4 Å². The third-order valence-electron chi connectivity index (χ3n) is 6.43. The molecule has 33 heavy (non-hydrogen) atoms. The minimum atomic E-state index is -0.0730. The number of aromatic amines is 1. The number of fused-ring (bicyclic) bond motifs is 1. The summed E-state index contributed by atoms with van der Waals surface area (Å²) in [4.78, 5) is 33.1. The van der Waals surface area contributed by atoms with E-state index in [1.54, 1.807) is 0 Å². The SMILES string of the molecule is Cc1noc(C)c1-c1ccc(C(=O)N2CCN(C(=O)c3ccc4cc[nH]c4c3)[C@@H](C)C2)cc1. The van der Waals surface area contributed by atoms with Gasteiger partial charge in [-0.05, 0) is 62.1 Å². The van der Waals surface area contributed by atoms with E-state index >= 15 is 0 Å². The van der Waals surface area contributed by atoms with Gasteiger partial charge in [0.15, 0.2) is 0 Å². The van der Waals surface area contributed by atoms with Gasteiger partial charge in [0.2, 0.25) is 0 Å². The first-order chi connectivity index (χ1) is 15.9. The summed E-state index contributed by atoms with van der Waals surface area (Å²) in [5.41, 5.74) is 5.01. The fourth-order valence-electron chi connectivity index (χ4n) is 4.65. The Morgan fingerprint density at radius 2 is 1.76 bits per heavy atom. The van der Waals surface area contributed by atoms with Crippen LogP contribution in [0.1, 0.15) is 39.1 Å². The Morgan fingerprint density at radius 3 is 2.45 bits per heavy atom. The number of nitrogens with one attached hydrogen (secondary N) is 1. The zero-order valence-electron chi connectivity index (χ0n) is 19.0. The number of hydrogen-bond donors (Lipinski definition) is 1. The molecule has 0 saturated carbocycles. The lowest BCUT2D eigenvalue weighted by Crippen LogP contribution is -2.55. The Bertz CT molecular complexity index is 1320. The number of carbonyl (C=O) groups excluding carboxylic acids is 2. The van der Waals surface area contributed by atoms with Gasteiger partial charge in [0.05, 0.1) is 5.69 Å². The molecule has 3 heterocycles. The van der Waals surface area contributed by atoms with E-state index in [9.17, 15) is 9.59 Å². The molecule has 0 aliphatic carbocycles. The lowest BCUT2D eigenvalue weighted by Gasteiger charge is -2.40. The van der Waals surface area contributed by atoms with Crippen LogP contribution >= 0.6 is 0 Å². The first kappa shape index (κ1) is 21.0. The van der Waals surface area contributed by atoms with Crippen LogP contribution in [0.15, 0.2) is 59.3 Å². The van der Waals surface area contributed by atoms with Crippen molar-refractivity contribution in [3.63, 3.8) is 0 Å². The van der Waals surface area contributed by atoms with Crippen LogP contribution in [0.3, 0.4) is 0 Å². The molecule has 4 aromatic rings. The molecular weight excluding hydrogens is 416 g/mol. The Kier molecular flexibility index (Phi) is 5.24. The summed E-state index contributed by atoms with van der Waals surface area (Å²) in [5, 5.41) is 5.08. The van der Waals surface area contributed by atoms with Crippen LogP contribution in [0.25, 0.3) is 22.0 Å². The second kappa shape index (κ2) is 8.24. The molecule has 0 spiro atoms. The minimum absolute atomic E-state index is 0.00471. The monoisotopic (exact) mass is 442 g/mol. The summed E-state index contributed by atoms with van der Waals surface area (Å²) in [6.07, 6.45) is 1.87. The molecule has 1 saturated heterocycles. The summed E-state index contributed by atoms with van der Waals surface area (Å²) in [6, 6.07) is 15.2. The molecule has 0 bridgehead atoms. The Labute approximate surface area is 192 Å². The third kappa shape index (κ3) is 3.80. The first-order valence-corrected chi connectivity index (χ1v) is 11.1. The summed E-state index contributed by atoms with van der Waals surface area (Å²) in [5.74, 6) is 0.735. The van der Waals surface area contributed by atoms with Gasteiger partial charge in [-0.3, -0.25) is 9.59 Å². The maximum absolute atomic E-state index is 13.1. The second-order valence-electron chi connectivity index (χ2n) is 8.65. The number of nitrogens with zero attached hydrogens (tertiary/aromatic N) is 3. The molecule has 1 aliphatic rings. The molecule has 5 rings (SSSR count). The summed E-state index contributed by atoms with van der Waals surface area (Å²) >= 11 is 0. The number of amides is 2. The molecule has 1 aliphatic heterocycles. The van der Waals surface area contributed by atoms with Crippen LogP contribution in [-0.4, -0.2) is 57.4 Å². The van der Waals surface area contributed by atoms with Crippen LogP contribution in [-0.2, 0) is 0 Å². The molecule has 2 aromatic carbocycles. The Balaban J connectivity index is 1.27. The normalized spacial score (nSPS) is 16.4. The first-order valence-electron chi connectivity index (χ1n) is 11.1. The third-order valence-corrected chi connectivity index (χ3v) is 6.43. The smallest absolute Gasteiger partial charge is 0.254 e. The standard InChI is InChI=1S/C26H26N4O3/c1-16-15-29(12-13-30(16)26(32)22-9-4-19-10-11-27-23(19)14-22)25(31)21-7-5-20(6-8-21)24-17(2)28-33-18(24)3/h4-11,14,16,27H,12-13,15H2,1-3H3/t16-/m0/s1. The number of benzene rings is 2. The van der Waals surface area contributed by atoms with Crippen LogP contribution in [0.2, 0.25) is 0 Å². The highest BCUT2D eigenvalue weighted by atomic mass is 16.5. The average Bonchev–Trinajstić information content (AvgIpc) is 3.43.